The summed E-state index contributed by atoms with van der Waals surface area (Å²) in [4.78, 5) is 8.40. The fourth-order valence-electron chi connectivity index (χ4n) is 2.19. The van der Waals surface area contributed by atoms with Gasteiger partial charge in [0.15, 0.2) is 0 Å². The van der Waals surface area contributed by atoms with Crippen LogP contribution in [0.4, 0.5) is 5.82 Å². The van der Waals surface area contributed by atoms with E-state index in [-0.39, 0.29) is 6.04 Å². The lowest BCUT2D eigenvalue weighted by Gasteiger charge is -2.23. The second-order valence-electron chi connectivity index (χ2n) is 5.18. The number of pyridine rings is 1. The van der Waals surface area contributed by atoms with Crippen molar-refractivity contribution < 1.29 is 0 Å². The van der Waals surface area contributed by atoms with E-state index in [9.17, 15) is 0 Å². The molecule has 0 unspecified atom stereocenters. The van der Waals surface area contributed by atoms with Gasteiger partial charge in [-0.1, -0.05) is 12.1 Å². The smallest absolute Gasteiger partial charge is 0.129 e. The molecule has 2 aromatic rings. The number of hydrogen-bond acceptors (Lipinski definition) is 4. The second-order valence-corrected chi connectivity index (χ2v) is 6.21. The molecular formula is C15H19N3S. The average Bonchev–Trinajstić information content (AvgIpc) is 3.13. The number of nitrogens with zero attached hydrogens (tertiary/aromatic N) is 2. The molecule has 0 bridgehead atoms. The van der Waals surface area contributed by atoms with E-state index in [1.165, 1.54) is 17.7 Å². The van der Waals surface area contributed by atoms with Gasteiger partial charge in [0.05, 0.1) is 6.54 Å². The molecule has 0 aliphatic heterocycles. The Kier molecular flexibility index (Phi) is 3.53. The lowest BCUT2D eigenvalue weighted by atomic mass is 10.1. The van der Waals surface area contributed by atoms with Crippen LogP contribution in [0.2, 0.25) is 0 Å². The Morgan fingerprint density at radius 2 is 2.26 bits per heavy atom. The molecular weight excluding hydrogens is 254 g/mol. The quantitative estimate of drug-likeness (QED) is 0.908. The molecule has 2 aromatic heterocycles. The molecule has 0 spiro atoms. The molecule has 1 atom stereocenters. The summed E-state index contributed by atoms with van der Waals surface area (Å²) < 4.78 is 0. The van der Waals surface area contributed by atoms with E-state index in [4.69, 9.17) is 5.73 Å². The van der Waals surface area contributed by atoms with Gasteiger partial charge in [-0.3, -0.25) is 0 Å². The summed E-state index contributed by atoms with van der Waals surface area (Å²) in [5.74, 6) is 1.07. The summed E-state index contributed by atoms with van der Waals surface area (Å²) >= 11 is 1.81. The highest BCUT2D eigenvalue weighted by atomic mass is 32.1. The van der Waals surface area contributed by atoms with Gasteiger partial charge in [-0.25, -0.2) is 4.98 Å². The largest absolute Gasteiger partial charge is 0.348 e. The van der Waals surface area contributed by atoms with Gasteiger partial charge in [0.2, 0.25) is 0 Å². The van der Waals surface area contributed by atoms with Crippen LogP contribution in [0.1, 0.15) is 36.2 Å². The van der Waals surface area contributed by atoms with Crippen LogP contribution in [0.5, 0.6) is 0 Å². The zero-order valence-corrected chi connectivity index (χ0v) is 11.9. The zero-order valence-electron chi connectivity index (χ0n) is 11.1. The van der Waals surface area contributed by atoms with Gasteiger partial charge in [-0.2, -0.15) is 0 Å². The summed E-state index contributed by atoms with van der Waals surface area (Å²) in [5, 5.41) is 2.13. The Balaban J connectivity index is 1.79. The van der Waals surface area contributed by atoms with Crippen molar-refractivity contribution in [1.29, 1.82) is 0 Å². The van der Waals surface area contributed by atoms with E-state index >= 15 is 0 Å². The van der Waals surface area contributed by atoms with Crippen LogP contribution >= 0.6 is 11.3 Å². The number of aromatic nitrogens is 1. The summed E-state index contributed by atoms with van der Waals surface area (Å²) in [6.07, 6.45) is 4.47. The van der Waals surface area contributed by atoms with Crippen LogP contribution in [-0.4, -0.2) is 11.0 Å². The van der Waals surface area contributed by atoms with E-state index in [2.05, 4.69) is 39.5 Å². The highest BCUT2D eigenvalue weighted by Crippen LogP contribution is 2.32. The Morgan fingerprint density at radius 1 is 1.42 bits per heavy atom. The third-order valence-corrected chi connectivity index (χ3v) is 4.35. The Hall–Kier alpha value is -1.39. The van der Waals surface area contributed by atoms with Gasteiger partial charge in [0.25, 0.3) is 0 Å². The molecule has 0 saturated heterocycles. The van der Waals surface area contributed by atoms with Crippen LogP contribution in [0.3, 0.4) is 0 Å². The zero-order chi connectivity index (χ0) is 13.2. The normalized spacial score (nSPS) is 16.3. The molecule has 100 valence electrons. The molecule has 1 aliphatic carbocycles. The number of anilines is 1. The van der Waals surface area contributed by atoms with Gasteiger partial charge < -0.3 is 10.6 Å². The highest BCUT2D eigenvalue weighted by molar-refractivity contribution is 7.09. The third kappa shape index (κ3) is 2.96. The molecule has 1 fully saturated rings. The van der Waals surface area contributed by atoms with Crippen molar-refractivity contribution in [1.82, 2.24) is 4.98 Å². The fraction of sp³-hybridized carbons (Fsp3) is 0.400. The molecule has 4 heteroatoms. The molecule has 0 aromatic carbocycles. The minimum absolute atomic E-state index is 0.0493. The molecule has 3 nitrogen and oxygen atoms in total. The first-order valence-electron chi connectivity index (χ1n) is 6.74. The lowest BCUT2D eigenvalue weighted by molar-refractivity contribution is 0.775. The number of rotatable bonds is 5. The summed E-state index contributed by atoms with van der Waals surface area (Å²) in [5.41, 5.74) is 6.96. The highest BCUT2D eigenvalue weighted by Gasteiger charge is 2.30. The van der Waals surface area contributed by atoms with E-state index in [0.717, 1.165) is 17.9 Å². The van der Waals surface area contributed by atoms with Crippen LogP contribution < -0.4 is 10.6 Å². The van der Waals surface area contributed by atoms with E-state index in [1.54, 1.807) is 0 Å². The predicted octanol–water partition coefficient (Wildman–Crippen LogP) is 3.33. The molecule has 0 radical (unpaired) electrons. The predicted molar refractivity (Wildman–Crippen MR) is 80.4 cm³/mol. The third-order valence-electron chi connectivity index (χ3n) is 3.48. The number of thiophene rings is 1. The molecule has 1 saturated carbocycles. The van der Waals surface area contributed by atoms with Crippen LogP contribution in [-0.2, 0) is 6.54 Å². The Morgan fingerprint density at radius 3 is 2.79 bits per heavy atom. The summed E-state index contributed by atoms with van der Waals surface area (Å²) in [6, 6.07) is 9.21. The topological polar surface area (TPSA) is 42.1 Å². The molecule has 3 rings (SSSR count). The molecule has 2 N–H and O–H groups in total. The molecule has 0 amide bonds. The fourth-order valence-corrected chi connectivity index (χ4v) is 2.89. The molecule has 19 heavy (non-hydrogen) atoms. The number of nitrogens with two attached hydrogens (primary N) is 1. The Bertz CT molecular complexity index is 515. The number of hydrogen-bond donors (Lipinski definition) is 1. The van der Waals surface area contributed by atoms with Crippen molar-refractivity contribution in [2.24, 2.45) is 5.73 Å². The molecule has 1 aliphatic rings. The van der Waals surface area contributed by atoms with Crippen molar-refractivity contribution in [3.05, 3.63) is 46.3 Å². The maximum Gasteiger partial charge on any atom is 0.129 e. The van der Waals surface area contributed by atoms with Crippen LogP contribution in [0, 0.1) is 0 Å². The first kappa shape index (κ1) is 12.6. The van der Waals surface area contributed by atoms with Gasteiger partial charge in [-0.05, 0) is 42.8 Å². The Labute approximate surface area is 118 Å². The van der Waals surface area contributed by atoms with Crippen molar-refractivity contribution in [2.75, 3.05) is 4.90 Å². The molecule has 2 heterocycles. The minimum Gasteiger partial charge on any atom is -0.348 e. The first-order chi connectivity index (χ1) is 9.24. The monoisotopic (exact) mass is 273 g/mol. The van der Waals surface area contributed by atoms with Gasteiger partial charge >= 0.3 is 0 Å². The average molecular weight is 273 g/mol. The van der Waals surface area contributed by atoms with Crippen LogP contribution in [0.25, 0.3) is 0 Å². The maximum absolute atomic E-state index is 5.87. The van der Waals surface area contributed by atoms with Crippen molar-refractivity contribution >= 4 is 17.2 Å². The van der Waals surface area contributed by atoms with Crippen LogP contribution in [0.15, 0.2) is 35.8 Å². The first-order valence-corrected chi connectivity index (χ1v) is 7.62. The van der Waals surface area contributed by atoms with E-state index < -0.39 is 0 Å². The van der Waals surface area contributed by atoms with Gasteiger partial charge in [0.1, 0.15) is 5.82 Å². The summed E-state index contributed by atoms with van der Waals surface area (Å²) in [7, 11) is 0. The second kappa shape index (κ2) is 5.31. The SMILES string of the molecule is C[C@@H](N)c1ccc(N(Cc2cccs2)C2CC2)nc1. The minimum atomic E-state index is 0.0493. The summed E-state index contributed by atoms with van der Waals surface area (Å²) in [6.45, 7) is 2.95. The van der Waals surface area contributed by atoms with Gasteiger partial charge in [0, 0.05) is 23.2 Å². The van der Waals surface area contributed by atoms with E-state index in [0.29, 0.717) is 6.04 Å². The van der Waals surface area contributed by atoms with Crippen molar-refractivity contribution in [2.45, 2.75) is 38.4 Å². The maximum atomic E-state index is 5.87. The lowest BCUT2D eigenvalue weighted by Crippen LogP contribution is -2.25. The van der Waals surface area contributed by atoms with Gasteiger partial charge in [-0.15, -0.1) is 11.3 Å². The standard InChI is InChI=1S/C15H19N3S/c1-11(16)12-4-7-15(17-9-12)18(13-5-6-13)10-14-3-2-8-19-14/h2-4,7-9,11,13H,5-6,10,16H2,1H3/t11-/m1/s1. The van der Waals surface area contributed by atoms with Crippen molar-refractivity contribution in [3.8, 4) is 0 Å². The van der Waals surface area contributed by atoms with E-state index in [1.807, 2.05) is 24.5 Å². The van der Waals surface area contributed by atoms with Crippen molar-refractivity contribution in [3.63, 3.8) is 0 Å².